The third kappa shape index (κ3) is 4.79. The topological polar surface area (TPSA) is 46.9 Å². The van der Waals surface area contributed by atoms with Gasteiger partial charge in [-0.1, -0.05) is 24.3 Å². The number of likely N-dealkylation sites (tertiary alicyclic amines) is 2. The van der Waals surface area contributed by atoms with E-state index in [1.807, 2.05) is 0 Å². The van der Waals surface area contributed by atoms with E-state index in [9.17, 15) is 10.2 Å². The molecule has 0 aliphatic carbocycles. The summed E-state index contributed by atoms with van der Waals surface area (Å²) in [5.41, 5.74) is 2.84. The molecule has 2 unspecified atom stereocenters. The Morgan fingerprint density at radius 2 is 1.25 bits per heavy atom. The smallest absolute Gasteiger partial charge is 0.0471 e. The molecule has 2 atom stereocenters. The van der Waals surface area contributed by atoms with Crippen molar-refractivity contribution in [2.24, 2.45) is 11.8 Å². The van der Waals surface area contributed by atoms with Crippen molar-refractivity contribution in [3.05, 3.63) is 35.4 Å². The maximum atomic E-state index is 9.44. The van der Waals surface area contributed by atoms with E-state index < -0.39 is 0 Å². The van der Waals surface area contributed by atoms with Gasteiger partial charge in [-0.3, -0.25) is 9.80 Å². The Morgan fingerprint density at radius 3 is 1.67 bits per heavy atom. The summed E-state index contributed by atoms with van der Waals surface area (Å²) < 4.78 is 0. The fourth-order valence-electron chi connectivity index (χ4n) is 4.24. The molecule has 0 saturated carbocycles. The number of hydrogen-bond donors (Lipinski definition) is 2. The molecule has 2 heterocycles. The second-order valence-electron chi connectivity index (χ2n) is 7.62. The van der Waals surface area contributed by atoms with Crippen molar-refractivity contribution in [2.75, 3.05) is 39.4 Å². The van der Waals surface area contributed by atoms with Gasteiger partial charge in [0.1, 0.15) is 0 Å². The Morgan fingerprint density at radius 1 is 0.792 bits per heavy atom. The molecule has 0 amide bonds. The zero-order valence-electron chi connectivity index (χ0n) is 14.7. The van der Waals surface area contributed by atoms with E-state index in [0.29, 0.717) is 25.0 Å². The summed E-state index contributed by atoms with van der Waals surface area (Å²) in [5.74, 6) is 0.886. The number of aliphatic hydroxyl groups excluding tert-OH is 2. The molecule has 4 heteroatoms. The van der Waals surface area contributed by atoms with Crippen molar-refractivity contribution in [1.29, 1.82) is 0 Å². The van der Waals surface area contributed by atoms with E-state index in [-0.39, 0.29) is 0 Å². The molecule has 0 radical (unpaired) electrons. The summed E-state index contributed by atoms with van der Waals surface area (Å²) in [4.78, 5) is 4.99. The zero-order chi connectivity index (χ0) is 16.8. The number of hydrogen-bond acceptors (Lipinski definition) is 4. The van der Waals surface area contributed by atoms with Crippen molar-refractivity contribution in [1.82, 2.24) is 9.80 Å². The summed E-state index contributed by atoms with van der Waals surface area (Å²) in [6.07, 6.45) is 4.70. The Kier molecular flexibility index (Phi) is 6.67. The molecule has 4 nitrogen and oxygen atoms in total. The van der Waals surface area contributed by atoms with Crippen LogP contribution in [0.4, 0.5) is 0 Å². The molecule has 2 N–H and O–H groups in total. The van der Waals surface area contributed by atoms with E-state index >= 15 is 0 Å². The Bertz CT molecular complexity index is 463. The highest BCUT2D eigenvalue weighted by atomic mass is 16.3. The highest BCUT2D eigenvalue weighted by Crippen LogP contribution is 2.22. The zero-order valence-corrected chi connectivity index (χ0v) is 14.7. The maximum absolute atomic E-state index is 9.44. The van der Waals surface area contributed by atoms with Crippen LogP contribution in [0.2, 0.25) is 0 Å². The fourth-order valence-corrected chi connectivity index (χ4v) is 4.24. The lowest BCUT2D eigenvalue weighted by molar-refractivity contribution is 0.111. The first-order valence-electron chi connectivity index (χ1n) is 9.51. The molecule has 2 fully saturated rings. The largest absolute Gasteiger partial charge is 0.396 e. The SMILES string of the molecule is OCC1CCCN(Cc2ccccc2CN2CCCC(CO)C2)C1. The average Bonchev–Trinajstić information content (AvgIpc) is 2.64. The van der Waals surface area contributed by atoms with E-state index in [1.165, 1.54) is 24.0 Å². The minimum atomic E-state index is 0.314. The van der Waals surface area contributed by atoms with Crippen molar-refractivity contribution >= 4 is 0 Å². The molecule has 2 aliphatic rings. The molecule has 1 aromatic rings. The Balaban J connectivity index is 1.62. The summed E-state index contributed by atoms with van der Waals surface area (Å²) in [5, 5.41) is 18.9. The first-order valence-corrected chi connectivity index (χ1v) is 9.51. The van der Waals surface area contributed by atoms with Crippen molar-refractivity contribution in [2.45, 2.75) is 38.8 Å². The van der Waals surface area contributed by atoms with Gasteiger partial charge in [-0.15, -0.1) is 0 Å². The van der Waals surface area contributed by atoms with Gasteiger partial charge in [-0.2, -0.15) is 0 Å². The lowest BCUT2D eigenvalue weighted by Gasteiger charge is -2.34. The molecule has 0 spiro atoms. The van der Waals surface area contributed by atoms with Gasteiger partial charge in [0.15, 0.2) is 0 Å². The third-order valence-electron chi connectivity index (χ3n) is 5.63. The lowest BCUT2D eigenvalue weighted by atomic mass is 9.96. The van der Waals surface area contributed by atoms with Gasteiger partial charge in [-0.25, -0.2) is 0 Å². The van der Waals surface area contributed by atoms with E-state index in [0.717, 1.165) is 52.1 Å². The number of nitrogens with zero attached hydrogens (tertiary/aromatic N) is 2. The van der Waals surface area contributed by atoms with Crippen LogP contribution in [-0.4, -0.2) is 59.4 Å². The van der Waals surface area contributed by atoms with Gasteiger partial charge in [0, 0.05) is 39.4 Å². The monoisotopic (exact) mass is 332 g/mol. The second kappa shape index (κ2) is 8.95. The van der Waals surface area contributed by atoms with Crippen LogP contribution in [0.1, 0.15) is 36.8 Å². The number of benzene rings is 1. The molecular weight excluding hydrogens is 300 g/mol. The normalized spacial score (nSPS) is 26.6. The number of rotatable bonds is 6. The van der Waals surface area contributed by atoms with E-state index in [4.69, 9.17) is 0 Å². The molecule has 3 rings (SSSR count). The van der Waals surface area contributed by atoms with Gasteiger partial charge in [0.25, 0.3) is 0 Å². The molecule has 24 heavy (non-hydrogen) atoms. The quantitative estimate of drug-likeness (QED) is 0.837. The molecular formula is C20H32N2O2. The molecule has 0 aromatic heterocycles. The van der Waals surface area contributed by atoms with Crippen molar-refractivity contribution in [3.63, 3.8) is 0 Å². The molecule has 1 aromatic carbocycles. The van der Waals surface area contributed by atoms with Crippen LogP contribution in [0.25, 0.3) is 0 Å². The van der Waals surface area contributed by atoms with Crippen molar-refractivity contribution < 1.29 is 10.2 Å². The van der Waals surface area contributed by atoms with Gasteiger partial charge in [0.2, 0.25) is 0 Å². The average molecular weight is 332 g/mol. The van der Waals surface area contributed by atoms with Crippen LogP contribution in [-0.2, 0) is 13.1 Å². The van der Waals surface area contributed by atoms with Gasteiger partial charge < -0.3 is 10.2 Å². The number of aliphatic hydroxyl groups is 2. The van der Waals surface area contributed by atoms with E-state index in [1.54, 1.807) is 0 Å². The molecule has 134 valence electrons. The molecule has 2 aliphatic heterocycles. The summed E-state index contributed by atoms with van der Waals surface area (Å²) in [6, 6.07) is 8.79. The van der Waals surface area contributed by atoms with Crippen LogP contribution < -0.4 is 0 Å². The van der Waals surface area contributed by atoms with Crippen LogP contribution in [0.5, 0.6) is 0 Å². The second-order valence-corrected chi connectivity index (χ2v) is 7.62. The fraction of sp³-hybridized carbons (Fsp3) is 0.700. The van der Waals surface area contributed by atoms with Crippen LogP contribution in [0.3, 0.4) is 0 Å². The first kappa shape index (κ1) is 17.9. The molecule has 2 saturated heterocycles. The summed E-state index contributed by atoms with van der Waals surface area (Å²) >= 11 is 0. The molecule has 0 bridgehead atoms. The minimum Gasteiger partial charge on any atom is -0.396 e. The van der Waals surface area contributed by atoms with Crippen LogP contribution in [0.15, 0.2) is 24.3 Å². The highest BCUT2D eigenvalue weighted by Gasteiger charge is 2.22. The summed E-state index contributed by atoms with van der Waals surface area (Å²) in [6.45, 7) is 6.92. The minimum absolute atomic E-state index is 0.314. The van der Waals surface area contributed by atoms with Gasteiger partial charge in [0.05, 0.1) is 0 Å². The Labute approximate surface area is 146 Å². The standard InChI is InChI=1S/C20H32N2O2/c23-15-17-5-3-9-21(11-17)13-19-7-1-2-8-20(19)14-22-10-4-6-18(12-22)16-24/h1-2,7-8,17-18,23-24H,3-6,9-16H2. The van der Waals surface area contributed by atoms with Crippen LogP contribution >= 0.6 is 0 Å². The number of piperidine rings is 2. The first-order chi connectivity index (χ1) is 11.8. The van der Waals surface area contributed by atoms with Crippen molar-refractivity contribution in [3.8, 4) is 0 Å². The van der Waals surface area contributed by atoms with Gasteiger partial charge in [-0.05, 0) is 61.7 Å². The summed E-state index contributed by atoms with van der Waals surface area (Å²) in [7, 11) is 0. The Hall–Kier alpha value is -0.940. The van der Waals surface area contributed by atoms with E-state index in [2.05, 4.69) is 34.1 Å². The predicted molar refractivity (Wildman–Crippen MR) is 96.6 cm³/mol. The van der Waals surface area contributed by atoms with Crippen LogP contribution in [0, 0.1) is 11.8 Å². The lowest BCUT2D eigenvalue weighted by Crippen LogP contribution is -2.38. The van der Waals surface area contributed by atoms with Gasteiger partial charge >= 0.3 is 0 Å². The maximum Gasteiger partial charge on any atom is 0.0471 e. The third-order valence-corrected chi connectivity index (χ3v) is 5.63. The predicted octanol–water partition coefficient (Wildman–Crippen LogP) is 2.10. The highest BCUT2D eigenvalue weighted by molar-refractivity contribution is 5.27.